The Labute approximate surface area is 191 Å². The maximum Gasteiger partial charge on any atom is 0.0545 e. The average molecular weight is 445 g/mol. The molecule has 0 aromatic heterocycles. The van der Waals surface area contributed by atoms with E-state index >= 15 is 0 Å². The van der Waals surface area contributed by atoms with Crippen molar-refractivity contribution in [2.45, 2.75) is 20.3 Å². The molecule has 12 nitrogen and oxygen atoms in total. The summed E-state index contributed by atoms with van der Waals surface area (Å²) in [6, 6.07) is 12.0. The topological polar surface area (TPSA) is 195 Å². The minimum atomic E-state index is 0. The highest BCUT2D eigenvalue weighted by molar-refractivity contribution is 5.79. The van der Waals surface area contributed by atoms with Gasteiger partial charge in [-0.2, -0.15) is 0 Å². The highest BCUT2D eigenvalue weighted by Crippen LogP contribution is 2.38. The highest BCUT2D eigenvalue weighted by atomic mass is 15.2. The van der Waals surface area contributed by atoms with E-state index in [1.165, 1.54) is 25.2 Å². The molecule has 2 aromatic carbocycles. The molecule has 0 N–H and O–H groups in total. The van der Waals surface area contributed by atoms with Crippen molar-refractivity contribution < 1.29 is 0 Å². The highest BCUT2D eigenvalue weighted by Gasteiger charge is 2.11. The molecule has 0 radical (unpaired) electrons. The maximum absolute atomic E-state index is 8.44. The fourth-order valence-electron chi connectivity index (χ4n) is 2.78. The van der Waals surface area contributed by atoms with E-state index in [4.69, 9.17) is 22.1 Å². The van der Waals surface area contributed by atoms with E-state index in [9.17, 15) is 0 Å². The van der Waals surface area contributed by atoms with Crippen LogP contribution in [0.5, 0.6) is 0 Å². The van der Waals surface area contributed by atoms with Crippen LogP contribution in [-0.2, 0) is 12.8 Å². The Morgan fingerprint density at radius 1 is 0.697 bits per heavy atom. The van der Waals surface area contributed by atoms with Crippen molar-refractivity contribution in [1.29, 1.82) is 0 Å². The third-order valence-corrected chi connectivity index (χ3v) is 4.07. The molecule has 0 saturated heterocycles. The Morgan fingerprint density at radius 3 is 1.85 bits per heavy atom. The van der Waals surface area contributed by atoms with Crippen LogP contribution < -0.4 is 0 Å². The lowest BCUT2D eigenvalue weighted by Crippen LogP contribution is -1.81. The van der Waals surface area contributed by atoms with E-state index in [0.29, 0.717) is 11.4 Å². The van der Waals surface area contributed by atoms with Gasteiger partial charge in [-0.3, -0.25) is 0 Å². The third kappa shape index (κ3) is 9.23. The van der Waals surface area contributed by atoms with Crippen molar-refractivity contribution in [3.05, 3.63) is 113 Å². The number of rotatable bonds is 2. The maximum atomic E-state index is 8.44. The molecular formula is C21H24N12. The lowest BCUT2D eigenvalue weighted by molar-refractivity contribution is 1.28. The van der Waals surface area contributed by atoms with Gasteiger partial charge in [0.15, 0.2) is 0 Å². The van der Waals surface area contributed by atoms with Gasteiger partial charge in [-0.1, -0.05) is 88.6 Å². The van der Waals surface area contributed by atoms with Gasteiger partial charge in [0.25, 0.3) is 0 Å². The summed E-state index contributed by atoms with van der Waals surface area (Å²) in [4.78, 5) is 10.1. The first kappa shape index (κ1) is 28.2. The van der Waals surface area contributed by atoms with Gasteiger partial charge >= 0.3 is 0 Å². The molecule has 0 aliphatic heterocycles. The van der Waals surface area contributed by atoms with Crippen LogP contribution in [-0.4, -0.2) is 14.1 Å². The molecular weight excluding hydrogens is 420 g/mol. The number of azide groups is 4. The number of fused-ring (bicyclic) bond motifs is 2. The van der Waals surface area contributed by atoms with Crippen molar-refractivity contribution in [2.24, 2.45) is 20.5 Å². The first-order valence-corrected chi connectivity index (χ1v) is 9.20. The molecule has 0 spiro atoms. The van der Waals surface area contributed by atoms with Crippen LogP contribution in [0, 0.1) is 0 Å². The van der Waals surface area contributed by atoms with Gasteiger partial charge in [0, 0.05) is 39.4 Å². The van der Waals surface area contributed by atoms with E-state index < -0.39 is 0 Å². The summed E-state index contributed by atoms with van der Waals surface area (Å²) < 4.78 is 0. The van der Waals surface area contributed by atoms with Crippen molar-refractivity contribution in [3.63, 3.8) is 0 Å². The fraction of sp³-hybridized carbons (Fsp3) is 0.238. The predicted octanol–water partition coefficient (Wildman–Crippen LogP) is 8.88. The van der Waals surface area contributed by atoms with Crippen LogP contribution in [0.2, 0.25) is 0 Å². The fourth-order valence-corrected chi connectivity index (χ4v) is 2.78. The zero-order valence-corrected chi connectivity index (χ0v) is 17.6. The zero-order valence-electron chi connectivity index (χ0n) is 17.6. The lowest BCUT2D eigenvalue weighted by Gasteiger charge is -2.04. The largest absolute Gasteiger partial charge is 0.0973 e. The molecule has 2 aliphatic rings. The minimum absolute atomic E-state index is 0. The number of hydrogen-bond acceptors (Lipinski definition) is 4. The van der Waals surface area contributed by atoms with Crippen molar-refractivity contribution in [3.8, 4) is 0 Å². The monoisotopic (exact) mass is 444 g/mol. The van der Waals surface area contributed by atoms with Gasteiger partial charge in [0.2, 0.25) is 0 Å². The van der Waals surface area contributed by atoms with Gasteiger partial charge in [0.05, 0.1) is 5.69 Å². The van der Waals surface area contributed by atoms with Crippen LogP contribution in [0.25, 0.3) is 53.9 Å². The summed E-state index contributed by atoms with van der Waals surface area (Å²) >= 11 is 0. The summed E-state index contributed by atoms with van der Waals surface area (Å²) in [7, 11) is 2.78. The smallest absolute Gasteiger partial charge is 0.0545 e. The second-order valence-corrected chi connectivity index (χ2v) is 5.88. The Balaban J connectivity index is 0.000000484. The van der Waals surface area contributed by atoms with E-state index in [-0.39, 0.29) is 7.43 Å². The summed E-state index contributed by atoms with van der Waals surface area (Å²) in [6.45, 7) is 0. The van der Waals surface area contributed by atoms with E-state index in [2.05, 4.69) is 76.5 Å². The number of benzene rings is 2. The normalized spacial score (nSPS) is 10.0. The van der Waals surface area contributed by atoms with E-state index in [1.807, 2.05) is 18.2 Å². The SMILES string of the molecule is C.C1=Cc2ccccc2C1.CN=[N+]=[N-].CN=[N+]=[N-].[N-]=[N+]=Nc1ccc2c(c1N=[N+]=[N-])C=CC2. The average Bonchev–Trinajstić information content (AvgIpc) is 3.51. The molecule has 4 rings (SSSR count). The standard InChI is InChI=1S/C9H6N6.C9H8.2CH3N3.CH4/c10-14-12-8-5-4-6-2-1-3-7(6)9(8)13-15-11;1-2-5-9-7-3-6-8(9)4-1;2*1-3-4-2;/h1,3-5H,2H2;1-6H,7H2;2*1H3;1H4. The summed E-state index contributed by atoms with van der Waals surface area (Å²) in [5, 5.41) is 12.9. The molecule has 0 amide bonds. The second-order valence-electron chi connectivity index (χ2n) is 5.88. The third-order valence-electron chi connectivity index (χ3n) is 4.07. The number of hydrogen-bond donors (Lipinski definition) is 0. The molecule has 168 valence electrons. The summed E-state index contributed by atoms with van der Waals surface area (Å²) in [6.07, 6.45) is 10.2. The molecule has 0 atom stereocenters. The quantitative estimate of drug-likeness (QED) is 0.242. The molecule has 0 bridgehead atoms. The molecule has 0 unspecified atom stereocenters. The first-order chi connectivity index (χ1) is 15.7. The van der Waals surface area contributed by atoms with Gasteiger partial charge in [-0.05, 0) is 57.2 Å². The van der Waals surface area contributed by atoms with E-state index in [1.54, 1.807) is 6.07 Å². The van der Waals surface area contributed by atoms with E-state index in [0.717, 1.165) is 24.0 Å². The second kappa shape index (κ2) is 16.9. The minimum Gasteiger partial charge on any atom is -0.0973 e. The number of allylic oxidation sites excluding steroid dienone is 2. The van der Waals surface area contributed by atoms with Crippen LogP contribution in [0.4, 0.5) is 11.4 Å². The Bertz CT molecular complexity index is 1160. The molecule has 0 saturated carbocycles. The van der Waals surface area contributed by atoms with Crippen molar-refractivity contribution in [2.75, 3.05) is 14.1 Å². The predicted molar refractivity (Wildman–Crippen MR) is 133 cm³/mol. The Kier molecular flexibility index (Phi) is 14.4. The van der Waals surface area contributed by atoms with Crippen molar-refractivity contribution >= 4 is 23.5 Å². The molecule has 2 aromatic rings. The summed E-state index contributed by atoms with van der Waals surface area (Å²) in [5.74, 6) is 0. The summed E-state index contributed by atoms with van der Waals surface area (Å²) in [5.41, 5.74) is 37.0. The van der Waals surface area contributed by atoms with Gasteiger partial charge < -0.3 is 0 Å². The molecule has 12 heteroatoms. The molecule has 2 aliphatic carbocycles. The van der Waals surface area contributed by atoms with Crippen LogP contribution in [0.15, 0.2) is 69.0 Å². The van der Waals surface area contributed by atoms with Crippen LogP contribution in [0.3, 0.4) is 0 Å². The van der Waals surface area contributed by atoms with Crippen LogP contribution in [0.1, 0.15) is 29.7 Å². The molecule has 0 heterocycles. The molecule has 0 fully saturated rings. The Hall–Kier alpha value is -4.84. The van der Waals surface area contributed by atoms with Gasteiger partial charge in [0.1, 0.15) is 0 Å². The Morgan fingerprint density at radius 2 is 1.27 bits per heavy atom. The first-order valence-electron chi connectivity index (χ1n) is 9.20. The van der Waals surface area contributed by atoms with Gasteiger partial charge in [-0.25, -0.2) is 0 Å². The van der Waals surface area contributed by atoms with Gasteiger partial charge in [-0.15, -0.1) is 0 Å². The number of nitrogens with zero attached hydrogens (tertiary/aromatic N) is 12. The van der Waals surface area contributed by atoms with Crippen molar-refractivity contribution in [1.82, 2.24) is 0 Å². The zero-order chi connectivity index (χ0) is 23.6. The lowest BCUT2D eigenvalue weighted by atomic mass is 10.1. The van der Waals surface area contributed by atoms with Crippen LogP contribution >= 0.6 is 0 Å². The molecule has 33 heavy (non-hydrogen) atoms.